The second-order valence-electron chi connectivity index (χ2n) is 5.70. The molecule has 0 bridgehead atoms. The molecule has 9 heteroatoms. The van der Waals surface area contributed by atoms with Crippen LogP contribution in [0.25, 0.3) is 0 Å². The summed E-state index contributed by atoms with van der Waals surface area (Å²) in [7, 11) is -0.544. The molecule has 0 aromatic heterocycles. The van der Waals surface area contributed by atoms with Crippen molar-refractivity contribution in [1.29, 1.82) is 0 Å². The first-order valence-electron chi connectivity index (χ1n) is 8.13. The normalized spacial score (nSPS) is 15.7. The van der Waals surface area contributed by atoms with E-state index in [9.17, 15) is 13.2 Å². The number of sulfonamides is 1. The maximum atomic E-state index is 12.2. The molecule has 0 atom stereocenters. The fraction of sp³-hybridized carbons (Fsp3) is 0.222. The van der Waals surface area contributed by atoms with Gasteiger partial charge in [0.25, 0.3) is 10.0 Å². The van der Waals surface area contributed by atoms with Crippen LogP contribution in [0.3, 0.4) is 0 Å². The number of hydrogen-bond acceptors (Lipinski definition) is 6. The van der Waals surface area contributed by atoms with E-state index in [4.69, 9.17) is 9.47 Å². The number of ether oxygens (including phenoxy) is 2. The van der Waals surface area contributed by atoms with E-state index in [0.29, 0.717) is 22.7 Å². The van der Waals surface area contributed by atoms with Gasteiger partial charge in [-0.3, -0.25) is 14.5 Å². The van der Waals surface area contributed by atoms with Gasteiger partial charge < -0.3 is 14.8 Å². The Bertz CT molecular complexity index is 1000. The van der Waals surface area contributed by atoms with Gasteiger partial charge in [0.15, 0.2) is 0 Å². The Balaban J connectivity index is 1.67. The highest BCUT2D eigenvalue weighted by atomic mass is 32.2. The van der Waals surface area contributed by atoms with Crippen LogP contribution in [0.5, 0.6) is 11.5 Å². The van der Waals surface area contributed by atoms with Gasteiger partial charge in [-0.1, -0.05) is 12.1 Å². The second-order valence-corrected chi connectivity index (χ2v) is 7.35. The molecule has 3 rings (SSSR count). The minimum Gasteiger partial charge on any atom is -0.497 e. The zero-order valence-corrected chi connectivity index (χ0v) is 15.7. The van der Waals surface area contributed by atoms with Gasteiger partial charge in [0.05, 0.1) is 31.3 Å². The van der Waals surface area contributed by atoms with Crippen LogP contribution in [-0.4, -0.2) is 40.9 Å². The third kappa shape index (κ3) is 4.03. The van der Waals surface area contributed by atoms with E-state index in [-0.39, 0.29) is 29.6 Å². The minimum absolute atomic E-state index is 0.0771. The predicted octanol–water partition coefficient (Wildman–Crippen LogP) is 1.77. The zero-order chi connectivity index (χ0) is 19.4. The van der Waals surface area contributed by atoms with Crippen molar-refractivity contribution in [2.45, 2.75) is 11.3 Å². The maximum absolute atomic E-state index is 12.2. The molecule has 27 heavy (non-hydrogen) atoms. The summed E-state index contributed by atoms with van der Waals surface area (Å²) in [6.45, 7) is 0.129. The maximum Gasteiger partial charge on any atom is 0.263 e. The molecule has 0 saturated carbocycles. The molecule has 8 nitrogen and oxygen atoms in total. The molecule has 1 aliphatic heterocycles. The number of methoxy groups -OCH3 is 2. The molecule has 0 aliphatic carbocycles. The summed E-state index contributed by atoms with van der Waals surface area (Å²) in [6.07, 6.45) is 0.0771. The summed E-state index contributed by atoms with van der Waals surface area (Å²) < 4.78 is 36.8. The molecule has 0 saturated heterocycles. The summed E-state index contributed by atoms with van der Waals surface area (Å²) >= 11 is 0. The van der Waals surface area contributed by atoms with Crippen LogP contribution < -0.4 is 19.5 Å². The monoisotopic (exact) mass is 389 g/mol. The highest BCUT2D eigenvalue weighted by molar-refractivity contribution is 7.90. The lowest BCUT2D eigenvalue weighted by molar-refractivity contribution is -0.116. The smallest absolute Gasteiger partial charge is 0.263 e. The van der Waals surface area contributed by atoms with E-state index >= 15 is 0 Å². The minimum atomic E-state index is -3.58. The standard InChI is InChI=1S/C18H19N3O5S/c1-25-12-7-8-15(26-2)14(11-12)20-17(22)9-10-19-18-13-5-3-4-6-16(13)27(23,24)21-18/h3-8,11H,9-10H2,1-2H3,(H,19,21)(H,20,22). The first-order valence-corrected chi connectivity index (χ1v) is 9.61. The number of carbonyl (C=O) groups excluding carboxylic acids is 1. The van der Waals surface area contributed by atoms with Gasteiger partial charge in [-0.2, -0.15) is 0 Å². The zero-order valence-electron chi connectivity index (χ0n) is 14.9. The van der Waals surface area contributed by atoms with Crippen LogP contribution in [-0.2, 0) is 14.8 Å². The molecular formula is C18H19N3O5S. The lowest BCUT2D eigenvalue weighted by atomic mass is 10.2. The van der Waals surface area contributed by atoms with Crippen molar-refractivity contribution in [1.82, 2.24) is 4.72 Å². The van der Waals surface area contributed by atoms with E-state index in [2.05, 4.69) is 15.0 Å². The molecule has 1 aliphatic rings. The molecule has 0 spiro atoms. The number of aliphatic imine (C=N–C) groups is 1. The Morgan fingerprint density at radius 2 is 1.93 bits per heavy atom. The first-order chi connectivity index (χ1) is 12.9. The number of benzene rings is 2. The van der Waals surface area contributed by atoms with Gasteiger partial charge in [-0.15, -0.1) is 0 Å². The number of hydrogen-bond donors (Lipinski definition) is 2. The Kier molecular flexibility index (Phi) is 5.31. The molecule has 0 unspecified atom stereocenters. The number of carbonyl (C=O) groups is 1. The third-order valence-electron chi connectivity index (χ3n) is 3.95. The van der Waals surface area contributed by atoms with Crippen LogP contribution in [0.4, 0.5) is 5.69 Å². The van der Waals surface area contributed by atoms with Crippen molar-refractivity contribution < 1.29 is 22.7 Å². The first kappa shape index (κ1) is 18.7. The highest BCUT2D eigenvalue weighted by Gasteiger charge is 2.29. The van der Waals surface area contributed by atoms with Crippen molar-refractivity contribution >= 4 is 27.5 Å². The fourth-order valence-corrected chi connectivity index (χ4v) is 3.90. The quantitative estimate of drug-likeness (QED) is 0.783. The second kappa shape index (κ2) is 7.67. The Morgan fingerprint density at radius 1 is 1.15 bits per heavy atom. The van der Waals surface area contributed by atoms with Crippen LogP contribution >= 0.6 is 0 Å². The van der Waals surface area contributed by atoms with Gasteiger partial charge in [0.2, 0.25) is 5.91 Å². The van der Waals surface area contributed by atoms with Crippen molar-refractivity contribution in [3.63, 3.8) is 0 Å². The third-order valence-corrected chi connectivity index (χ3v) is 5.35. The molecule has 142 valence electrons. The van der Waals surface area contributed by atoms with Gasteiger partial charge in [0, 0.05) is 18.1 Å². The summed E-state index contributed by atoms with van der Waals surface area (Å²) in [4.78, 5) is 16.6. The summed E-state index contributed by atoms with van der Waals surface area (Å²) in [5, 5.41) is 2.75. The lowest BCUT2D eigenvalue weighted by Crippen LogP contribution is -2.23. The molecular weight excluding hydrogens is 370 g/mol. The average molecular weight is 389 g/mol. The predicted molar refractivity (Wildman–Crippen MR) is 101 cm³/mol. The van der Waals surface area contributed by atoms with Gasteiger partial charge >= 0.3 is 0 Å². The number of nitrogens with zero attached hydrogens (tertiary/aromatic N) is 1. The van der Waals surface area contributed by atoms with Crippen molar-refractivity contribution in [2.24, 2.45) is 4.99 Å². The van der Waals surface area contributed by atoms with Gasteiger partial charge in [-0.25, -0.2) is 8.42 Å². The van der Waals surface area contributed by atoms with Crippen LogP contribution in [0.1, 0.15) is 12.0 Å². The number of amides is 1. The van der Waals surface area contributed by atoms with Crippen LogP contribution in [0, 0.1) is 0 Å². The van der Waals surface area contributed by atoms with E-state index in [1.54, 1.807) is 36.4 Å². The number of rotatable bonds is 6. The molecule has 1 amide bonds. The van der Waals surface area contributed by atoms with E-state index in [1.165, 1.54) is 20.3 Å². The number of fused-ring (bicyclic) bond motifs is 1. The molecule has 0 fully saturated rings. The van der Waals surface area contributed by atoms with Crippen molar-refractivity contribution in [3.05, 3.63) is 48.0 Å². The van der Waals surface area contributed by atoms with Gasteiger partial charge in [-0.05, 0) is 24.3 Å². The Labute approximate surface area is 157 Å². The summed E-state index contributed by atoms with van der Waals surface area (Å²) in [5.74, 6) is 1.06. The number of amidine groups is 1. The largest absolute Gasteiger partial charge is 0.497 e. The van der Waals surface area contributed by atoms with E-state index < -0.39 is 10.0 Å². The molecule has 0 radical (unpaired) electrons. The fourth-order valence-electron chi connectivity index (χ4n) is 2.64. The lowest BCUT2D eigenvalue weighted by Gasteiger charge is -2.11. The summed E-state index contributed by atoms with van der Waals surface area (Å²) in [6, 6.07) is 11.6. The Hall–Kier alpha value is -3.07. The number of nitrogens with one attached hydrogen (secondary N) is 2. The Morgan fingerprint density at radius 3 is 2.67 bits per heavy atom. The number of anilines is 1. The molecule has 2 aromatic rings. The van der Waals surface area contributed by atoms with E-state index in [0.717, 1.165) is 0 Å². The SMILES string of the molecule is COc1ccc(OC)c(NC(=O)CCN=C2NS(=O)(=O)c3ccccc32)c1. The van der Waals surface area contributed by atoms with Crippen molar-refractivity contribution in [2.75, 3.05) is 26.1 Å². The molecule has 2 aromatic carbocycles. The van der Waals surface area contributed by atoms with Gasteiger partial charge in [0.1, 0.15) is 17.3 Å². The van der Waals surface area contributed by atoms with E-state index in [1.807, 2.05) is 0 Å². The molecule has 1 heterocycles. The summed E-state index contributed by atoms with van der Waals surface area (Å²) in [5.41, 5.74) is 0.994. The average Bonchev–Trinajstić information content (AvgIpc) is 2.92. The van der Waals surface area contributed by atoms with Crippen molar-refractivity contribution in [3.8, 4) is 11.5 Å². The van der Waals surface area contributed by atoms with Crippen LogP contribution in [0.15, 0.2) is 52.4 Å². The highest BCUT2D eigenvalue weighted by Crippen LogP contribution is 2.29. The topological polar surface area (TPSA) is 106 Å². The van der Waals surface area contributed by atoms with Crippen LogP contribution in [0.2, 0.25) is 0 Å². The molecule has 2 N–H and O–H groups in total.